The molecule has 2 aliphatic rings. The molecule has 0 radical (unpaired) electrons. The van der Waals surface area contributed by atoms with Gasteiger partial charge in [0.05, 0.1) is 11.3 Å². The molecule has 0 atom stereocenters. The van der Waals surface area contributed by atoms with Crippen LogP contribution in [0.25, 0.3) is 22.5 Å². The van der Waals surface area contributed by atoms with Crippen LogP contribution in [0.5, 0.6) is 0 Å². The smallest absolute Gasteiger partial charge is 0.266 e. The Kier molecular flexibility index (Phi) is 2.83. The van der Waals surface area contributed by atoms with Crippen LogP contribution >= 0.6 is 0 Å². The van der Waals surface area contributed by atoms with E-state index in [1.807, 2.05) is 12.1 Å². The molecule has 0 amide bonds. The van der Waals surface area contributed by atoms with E-state index < -0.39 is 0 Å². The van der Waals surface area contributed by atoms with Gasteiger partial charge in [-0.2, -0.15) is 4.98 Å². The predicted molar refractivity (Wildman–Crippen MR) is 86.3 cm³/mol. The summed E-state index contributed by atoms with van der Waals surface area (Å²) in [6, 6.07) is 6.03. The zero-order chi connectivity index (χ0) is 15.2. The Balaban J connectivity index is 1.62. The zero-order valence-electron chi connectivity index (χ0n) is 12.8. The molecule has 0 N–H and O–H groups in total. The molecule has 0 bridgehead atoms. The number of fused-ring (bicyclic) bond motifs is 1. The van der Waals surface area contributed by atoms with Crippen LogP contribution in [0.15, 0.2) is 28.9 Å². The van der Waals surface area contributed by atoms with Gasteiger partial charge in [-0.1, -0.05) is 0 Å². The molecule has 4 heterocycles. The van der Waals surface area contributed by atoms with Gasteiger partial charge in [-0.15, -0.1) is 0 Å². The maximum atomic E-state index is 5.57. The summed E-state index contributed by atoms with van der Waals surface area (Å²) >= 11 is 0. The summed E-state index contributed by atoms with van der Waals surface area (Å²) in [6.07, 6.45) is 6.52. The van der Waals surface area contributed by atoms with Crippen LogP contribution in [0.1, 0.15) is 37.3 Å². The molecule has 0 aromatic carbocycles. The average Bonchev–Trinajstić information content (AvgIpc) is 3.09. The third-order valence-electron chi connectivity index (χ3n) is 4.62. The minimum Gasteiger partial charge on any atom is -0.338 e. The summed E-state index contributed by atoms with van der Waals surface area (Å²) in [5.74, 6) is 1.77. The lowest BCUT2D eigenvalue weighted by molar-refractivity contribution is 0.429. The highest BCUT2D eigenvalue weighted by molar-refractivity contribution is 5.81. The Morgan fingerprint density at radius 3 is 2.83 bits per heavy atom. The Morgan fingerprint density at radius 1 is 1.13 bits per heavy atom. The lowest BCUT2D eigenvalue weighted by Gasteiger charge is -2.10. The zero-order valence-corrected chi connectivity index (χ0v) is 12.8. The van der Waals surface area contributed by atoms with Gasteiger partial charge < -0.3 is 9.42 Å². The number of nitrogens with zero attached hydrogens (tertiary/aromatic N) is 5. The monoisotopic (exact) mass is 307 g/mol. The first kappa shape index (κ1) is 13.0. The number of hydrogen-bond donors (Lipinski definition) is 0. The van der Waals surface area contributed by atoms with Gasteiger partial charge in [0.15, 0.2) is 5.65 Å². The minimum atomic E-state index is 0.499. The summed E-state index contributed by atoms with van der Waals surface area (Å²) < 4.78 is 5.57. The number of hydrogen-bond acceptors (Lipinski definition) is 6. The standard InChI is InChI=1S/C17H17N5O/c1-2-9-22(8-1)17-20-16(23-21-17)13-10-12-4-3-7-18-15(12)19-14(13)11-5-6-11/h3-4,7,10-11H,1-2,5-6,8-9H2. The molecule has 2 fully saturated rings. The summed E-state index contributed by atoms with van der Waals surface area (Å²) in [6.45, 7) is 2.02. The van der Waals surface area contributed by atoms with Crippen molar-refractivity contribution >= 4 is 17.0 Å². The first-order valence-electron chi connectivity index (χ1n) is 8.23. The fourth-order valence-corrected chi connectivity index (χ4v) is 3.23. The molecule has 5 rings (SSSR count). The highest BCUT2D eigenvalue weighted by Gasteiger charge is 2.31. The van der Waals surface area contributed by atoms with Crippen LogP contribution in [-0.2, 0) is 0 Å². The Hall–Kier alpha value is -2.50. The number of anilines is 1. The molecule has 1 saturated carbocycles. The second-order valence-corrected chi connectivity index (χ2v) is 6.34. The van der Waals surface area contributed by atoms with E-state index in [2.05, 4.69) is 26.1 Å². The molecule has 1 saturated heterocycles. The molecule has 3 aromatic rings. The molecule has 6 nitrogen and oxygen atoms in total. The molecule has 1 aliphatic carbocycles. The van der Waals surface area contributed by atoms with Gasteiger partial charge in [0, 0.05) is 30.6 Å². The van der Waals surface area contributed by atoms with Crippen molar-refractivity contribution in [3.05, 3.63) is 30.1 Å². The van der Waals surface area contributed by atoms with Crippen molar-refractivity contribution in [1.29, 1.82) is 0 Å². The number of aromatic nitrogens is 4. The summed E-state index contributed by atoms with van der Waals surface area (Å²) in [4.78, 5) is 15.9. The fraction of sp³-hybridized carbons (Fsp3) is 0.412. The van der Waals surface area contributed by atoms with Crippen molar-refractivity contribution < 1.29 is 4.52 Å². The third kappa shape index (κ3) is 2.25. The van der Waals surface area contributed by atoms with Crippen molar-refractivity contribution in [2.75, 3.05) is 18.0 Å². The number of pyridine rings is 2. The lowest BCUT2D eigenvalue weighted by atomic mass is 10.1. The van der Waals surface area contributed by atoms with Crippen LogP contribution in [-0.4, -0.2) is 33.2 Å². The first-order valence-corrected chi connectivity index (χ1v) is 8.23. The van der Waals surface area contributed by atoms with Gasteiger partial charge in [-0.25, -0.2) is 9.97 Å². The van der Waals surface area contributed by atoms with E-state index in [4.69, 9.17) is 9.51 Å². The van der Waals surface area contributed by atoms with Crippen LogP contribution < -0.4 is 4.90 Å². The second kappa shape index (κ2) is 5.01. The van der Waals surface area contributed by atoms with Gasteiger partial charge in [0.1, 0.15) is 0 Å². The summed E-state index contributed by atoms with van der Waals surface area (Å²) in [5.41, 5.74) is 2.80. The molecule has 6 heteroatoms. The quantitative estimate of drug-likeness (QED) is 0.740. The molecule has 1 aliphatic heterocycles. The van der Waals surface area contributed by atoms with E-state index >= 15 is 0 Å². The molecule has 23 heavy (non-hydrogen) atoms. The van der Waals surface area contributed by atoms with E-state index in [1.165, 1.54) is 25.7 Å². The van der Waals surface area contributed by atoms with Crippen molar-refractivity contribution in [3.63, 3.8) is 0 Å². The topological polar surface area (TPSA) is 67.9 Å². The van der Waals surface area contributed by atoms with Gasteiger partial charge in [0.25, 0.3) is 11.8 Å². The van der Waals surface area contributed by atoms with E-state index in [1.54, 1.807) is 6.20 Å². The lowest BCUT2D eigenvalue weighted by Crippen LogP contribution is -2.18. The Bertz CT molecular complexity index is 864. The van der Waals surface area contributed by atoms with E-state index in [0.717, 1.165) is 35.4 Å². The van der Waals surface area contributed by atoms with Gasteiger partial charge in [-0.3, -0.25) is 0 Å². The van der Waals surface area contributed by atoms with Crippen molar-refractivity contribution in [2.45, 2.75) is 31.6 Å². The van der Waals surface area contributed by atoms with E-state index in [-0.39, 0.29) is 0 Å². The molecule has 0 unspecified atom stereocenters. The number of rotatable bonds is 3. The highest BCUT2D eigenvalue weighted by Crippen LogP contribution is 2.44. The van der Waals surface area contributed by atoms with Crippen LogP contribution in [0.2, 0.25) is 0 Å². The highest BCUT2D eigenvalue weighted by atomic mass is 16.5. The predicted octanol–water partition coefficient (Wildman–Crippen LogP) is 3.16. The van der Waals surface area contributed by atoms with Gasteiger partial charge >= 0.3 is 0 Å². The first-order chi connectivity index (χ1) is 11.4. The van der Waals surface area contributed by atoms with Crippen LogP contribution in [0, 0.1) is 0 Å². The van der Waals surface area contributed by atoms with Gasteiger partial charge in [-0.05, 0) is 49.0 Å². The van der Waals surface area contributed by atoms with Crippen LogP contribution in [0.3, 0.4) is 0 Å². The normalized spacial score (nSPS) is 18.0. The Labute approximate surface area is 133 Å². The summed E-state index contributed by atoms with van der Waals surface area (Å²) in [7, 11) is 0. The molecule has 116 valence electrons. The van der Waals surface area contributed by atoms with Crippen molar-refractivity contribution in [1.82, 2.24) is 20.1 Å². The molecular weight excluding hydrogens is 290 g/mol. The van der Waals surface area contributed by atoms with Crippen molar-refractivity contribution in [3.8, 4) is 11.5 Å². The van der Waals surface area contributed by atoms with Crippen LogP contribution in [0.4, 0.5) is 5.95 Å². The van der Waals surface area contributed by atoms with E-state index in [9.17, 15) is 0 Å². The molecule has 3 aromatic heterocycles. The SMILES string of the molecule is c1cnc2nc(C3CC3)c(-c3nc(N4CCCC4)no3)cc2c1. The second-order valence-electron chi connectivity index (χ2n) is 6.34. The molecule has 0 spiro atoms. The minimum absolute atomic E-state index is 0.499. The largest absolute Gasteiger partial charge is 0.338 e. The third-order valence-corrected chi connectivity index (χ3v) is 4.62. The summed E-state index contributed by atoms with van der Waals surface area (Å²) in [5, 5.41) is 5.18. The molecular formula is C17H17N5O. The maximum absolute atomic E-state index is 5.57. The van der Waals surface area contributed by atoms with Gasteiger partial charge in [0.2, 0.25) is 0 Å². The van der Waals surface area contributed by atoms with E-state index in [0.29, 0.717) is 17.8 Å². The fourth-order valence-electron chi connectivity index (χ4n) is 3.23. The van der Waals surface area contributed by atoms with Crippen molar-refractivity contribution in [2.24, 2.45) is 0 Å². The maximum Gasteiger partial charge on any atom is 0.266 e. The average molecular weight is 307 g/mol. The Morgan fingerprint density at radius 2 is 2.00 bits per heavy atom.